The lowest BCUT2D eigenvalue weighted by atomic mass is 10.0. The number of carboxylic acids is 1. The number of hydrogen-bond donors (Lipinski definition) is 3. The fourth-order valence-corrected chi connectivity index (χ4v) is 4.39. The zero-order chi connectivity index (χ0) is 23.3. The monoisotopic (exact) mass is 464 g/mol. The number of nitrogens with one attached hydrogen (secondary N) is 2. The van der Waals surface area contributed by atoms with Crippen LogP contribution in [0.5, 0.6) is 0 Å². The molecule has 13 heteroatoms. The maximum atomic E-state index is 12.7. The summed E-state index contributed by atoms with van der Waals surface area (Å²) >= 11 is 1.23. The van der Waals surface area contributed by atoms with Gasteiger partial charge in [-0.3, -0.25) is 14.5 Å². The van der Waals surface area contributed by atoms with Crippen molar-refractivity contribution in [2.24, 2.45) is 5.16 Å². The summed E-state index contributed by atoms with van der Waals surface area (Å²) in [7, 11) is 1.26. The van der Waals surface area contributed by atoms with E-state index in [0.717, 1.165) is 4.90 Å². The molecule has 3 rings (SSSR count). The van der Waals surface area contributed by atoms with Crippen LogP contribution in [0, 0.1) is 0 Å². The highest BCUT2D eigenvalue weighted by molar-refractivity contribution is 8.00. The Morgan fingerprint density at radius 2 is 2.25 bits per heavy atom. The van der Waals surface area contributed by atoms with Gasteiger partial charge in [0.05, 0.1) is 6.26 Å². The zero-order valence-electron chi connectivity index (χ0n) is 16.9. The van der Waals surface area contributed by atoms with E-state index in [0.29, 0.717) is 0 Å². The number of ether oxygens (including phenoxy) is 1. The maximum absolute atomic E-state index is 12.7. The smallest absolute Gasteiger partial charge is 0.407 e. The van der Waals surface area contributed by atoms with Gasteiger partial charge in [-0.25, -0.2) is 9.59 Å². The van der Waals surface area contributed by atoms with E-state index >= 15 is 0 Å². The number of oxime groups is 1. The molecular formula is C19H20N4O8S. The van der Waals surface area contributed by atoms with Gasteiger partial charge in [0, 0.05) is 17.9 Å². The van der Waals surface area contributed by atoms with Gasteiger partial charge in [-0.2, -0.15) is 0 Å². The Labute approximate surface area is 186 Å². The molecule has 3 heterocycles. The van der Waals surface area contributed by atoms with Crippen molar-refractivity contribution < 1.29 is 38.3 Å². The highest BCUT2D eigenvalue weighted by Crippen LogP contribution is 2.40. The molecule has 0 radical (unpaired) electrons. The van der Waals surface area contributed by atoms with Gasteiger partial charge in [0.15, 0.2) is 5.76 Å². The number of amides is 3. The van der Waals surface area contributed by atoms with Crippen LogP contribution in [0.2, 0.25) is 0 Å². The molecule has 1 aromatic heterocycles. The summed E-state index contributed by atoms with van der Waals surface area (Å²) in [6.07, 6.45) is 2.08. The standard InChI is InChI=1S/C19H20N4O8S/c1-3-6-20-19(28)31-8-10-9-32-17-13(16(25)23(17)14(10)18(26)27)21-15(24)12(22-29-2)11-5-4-7-30-11/h3-5,7,13,17H,1,6,8-9H2,2H3,(H,20,28)(H,21,24)(H,26,27)/t13-,17-/m1/s1. The number of thioether (sulfide) groups is 1. The first-order valence-electron chi connectivity index (χ1n) is 9.26. The Morgan fingerprint density at radius 3 is 2.88 bits per heavy atom. The van der Waals surface area contributed by atoms with Crippen LogP contribution in [0.15, 0.2) is 51.9 Å². The number of carbonyl (C=O) groups is 4. The summed E-state index contributed by atoms with van der Waals surface area (Å²) < 4.78 is 10.2. The molecule has 1 saturated heterocycles. The third kappa shape index (κ3) is 4.61. The number of alkyl carbamates (subject to hydrolysis) is 1. The van der Waals surface area contributed by atoms with E-state index in [4.69, 9.17) is 9.15 Å². The summed E-state index contributed by atoms with van der Waals surface area (Å²) in [6, 6.07) is 2.09. The number of furan rings is 1. The predicted molar refractivity (Wildman–Crippen MR) is 111 cm³/mol. The molecular weight excluding hydrogens is 444 g/mol. The Balaban J connectivity index is 1.71. The van der Waals surface area contributed by atoms with E-state index in [1.165, 1.54) is 37.3 Å². The molecule has 32 heavy (non-hydrogen) atoms. The van der Waals surface area contributed by atoms with Crippen molar-refractivity contribution in [2.75, 3.05) is 26.0 Å². The lowest BCUT2D eigenvalue weighted by Crippen LogP contribution is -2.71. The van der Waals surface area contributed by atoms with Gasteiger partial charge in [-0.1, -0.05) is 11.2 Å². The third-order valence-electron chi connectivity index (χ3n) is 4.46. The molecule has 1 aromatic rings. The molecule has 12 nitrogen and oxygen atoms in total. The summed E-state index contributed by atoms with van der Waals surface area (Å²) in [5, 5.41) is 17.6. The summed E-state index contributed by atoms with van der Waals surface area (Å²) in [6.45, 7) is 3.36. The number of fused-ring (bicyclic) bond motifs is 1. The molecule has 3 amide bonds. The second-order valence-electron chi connectivity index (χ2n) is 6.46. The second-order valence-corrected chi connectivity index (χ2v) is 7.57. The van der Waals surface area contributed by atoms with Crippen molar-refractivity contribution in [3.8, 4) is 0 Å². The quantitative estimate of drug-likeness (QED) is 0.202. The normalized spacial score (nSPS) is 20.1. The Kier molecular flexibility index (Phi) is 7.20. The number of hydrogen-bond acceptors (Lipinski definition) is 9. The molecule has 0 bridgehead atoms. The highest BCUT2D eigenvalue weighted by Gasteiger charge is 2.54. The van der Waals surface area contributed by atoms with Crippen molar-refractivity contribution in [2.45, 2.75) is 11.4 Å². The minimum atomic E-state index is -1.34. The van der Waals surface area contributed by atoms with E-state index in [-0.39, 0.29) is 41.6 Å². The molecule has 0 aliphatic carbocycles. The lowest BCUT2D eigenvalue weighted by Gasteiger charge is -2.49. The van der Waals surface area contributed by atoms with Gasteiger partial charge in [-0.15, -0.1) is 18.3 Å². The van der Waals surface area contributed by atoms with Crippen LogP contribution in [-0.2, 0) is 24.0 Å². The molecule has 2 atom stereocenters. The van der Waals surface area contributed by atoms with E-state index in [1.54, 1.807) is 6.07 Å². The first kappa shape index (κ1) is 22.9. The molecule has 2 aliphatic rings. The van der Waals surface area contributed by atoms with Crippen LogP contribution >= 0.6 is 11.8 Å². The predicted octanol–water partition coefficient (Wildman–Crippen LogP) is 0.281. The SMILES string of the molecule is C=CCNC(=O)OCC1=C(C(=O)O)N2C(=O)[C@@H](NC(=O)C(=NOC)c3ccco3)[C@H]2SC1. The average Bonchev–Trinajstić information content (AvgIpc) is 3.31. The highest BCUT2D eigenvalue weighted by atomic mass is 32.2. The first-order valence-corrected chi connectivity index (χ1v) is 10.3. The van der Waals surface area contributed by atoms with E-state index in [2.05, 4.69) is 27.2 Å². The topological polar surface area (TPSA) is 160 Å². The largest absolute Gasteiger partial charge is 0.477 e. The Hall–Kier alpha value is -3.74. The molecule has 3 N–H and O–H groups in total. The van der Waals surface area contributed by atoms with E-state index in [1.807, 2.05) is 0 Å². The van der Waals surface area contributed by atoms with Crippen LogP contribution in [0.25, 0.3) is 0 Å². The fraction of sp³-hybridized carbons (Fsp3) is 0.316. The average molecular weight is 464 g/mol. The Bertz CT molecular complexity index is 987. The van der Waals surface area contributed by atoms with Gasteiger partial charge in [-0.05, 0) is 12.1 Å². The molecule has 170 valence electrons. The van der Waals surface area contributed by atoms with Gasteiger partial charge in [0.1, 0.15) is 30.8 Å². The summed E-state index contributed by atoms with van der Waals surface area (Å²) in [5.41, 5.74) is -0.168. The minimum Gasteiger partial charge on any atom is -0.477 e. The lowest BCUT2D eigenvalue weighted by molar-refractivity contribution is -0.150. The van der Waals surface area contributed by atoms with Gasteiger partial charge in [0.25, 0.3) is 11.8 Å². The van der Waals surface area contributed by atoms with Crippen molar-refractivity contribution in [1.29, 1.82) is 0 Å². The molecule has 0 unspecified atom stereocenters. The van der Waals surface area contributed by atoms with Crippen LogP contribution in [0.1, 0.15) is 5.76 Å². The van der Waals surface area contributed by atoms with E-state index in [9.17, 15) is 24.3 Å². The molecule has 1 fully saturated rings. The second kappa shape index (κ2) is 10.0. The van der Waals surface area contributed by atoms with Gasteiger partial charge >= 0.3 is 12.1 Å². The number of carbonyl (C=O) groups excluding carboxylic acids is 3. The van der Waals surface area contributed by atoms with Crippen molar-refractivity contribution in [3.63, 3.8) is 0 Å². The number of rotatable bonds is 9. The number of β-lactam (4-membered cyclic amide) rings is 1. The first-order chi connectivity index (χ1) is 15.4. The van der Waals surface area contributed by atoms with E-state index < -0.39 is 35.3 Å². The summed E-state index contributed by atoms with van der Waals surface area (Å²) in [5.74, 6) is -2.33. The van der Waals surface area contributed by atoms with Crippen molar-refractivity contribution in [1.82, 2.24) is 15.5 Å². The minimum absolute atomic E-state index is 0.143. The van der Waals surface area contributed by atoms with Gasteiger partial charge < -0.3 is 29.7 Å². The zero-order valence-corrected chi connectivity index (χ0v) is 17.7. The van der Waals surface area contributed by atoms with Crippen LogP contribution in [-0.4, -0.2) is 77.0 Å². The number of aliphatic carboxylic acids is 1. The number of carboxylic acid groups (broad SMARTS) is 1. The molecule has 2 aliphatic heterocycles. The Morgan fingerprint density at radius 1 is 1.47 bits per heavy atom. The molecule has 0 spiro atoms. The summed E-state index contributed by atoms with van der Waals surface area (Å²) in [4.78, 5) is 54.5. The van der Waals surface area contributed by atoms with Crippen LogP contribution in [0.4, 0.5) is 4.79 Å². The number of nitrogens with zero attached hydrogens (tertiary/aromatic N) is 2. The van der Waals surface area contributed by atoms with Crippen LogP contribution < -0.4 is 10.6 Å². The third-order valence-corrected chi connectivity index (χ3v) is 5.80. The molecule has 0 aromatic carbocycles. The van der Waals surface area contributed by atoms with Crippen LogP contribution in [0.3, 0.4) is 0 Å². The van der Waals surface area contributed by atoms with Crippen molar-refractivity contribution >= 4 is 41.4 Å². The van der Waals surface area contributed by atoms with Crippen molar-refractivity contribution in [3.05, 3.63) is 48.1 Å². The fourth-order valence-electron chi connectivity index (χ4n) is 3.07. The van der Waals surface area contributed by atoms with Gasteiger partial charge in [0.2, 0.25) is 5.71 Å². The molecule has 0 saturated carbocycles. The maximum Gasteiger partial charge on any atom is 0.407 e.